The van der Waals surface area contributed by atoms with Gasteiger partial charge in [0.2, 0.25) is 0 Å². The Balaban J connectivity index is 2.79. The highest BCUT2D eigenvalue weighted by Gasteiger charge is 2.42. The lowest BCUT2D eigenvalue weighted by atomic mass is 9.94. The smallest absolute Gasteiger partial charge is 0.0471 e. The maximum Gasteiger partial charge on any atom is 0.0471 e. The molecule has 0 aromatic carbocycles. The third kappa shape index (κ3) is 4.69. The van der Waals surface area contributed by atoms with Crippen molar-refractivity contribution in [3.8, 4) is 0 Å². The summed E-state index contributed by atoms with van der Waals surface area (Å²) < 4.78 is 0. The lowest BCUT2D eigenvalue weighted by Crippen LogP contribution is -2.58. The Morgan fingerprint density at radius 3 is 2.20 bits per heavy atom. The van der Waals surface area contributed by atoms with E-state index in [-0.39, 0.29) is 5.54 Å². The first kappa shape index (κ1) is 17.9. The number of nitrogens with zero attached hydrogens (tertiary/aromatic N) is 3. The van der Waals surface area contributed by atoms with E-state index in [1.165, 1.54) is 13.0 Å². The molecule has 1 atom stereocenters. The second kappa shape index (κ2) is 7.74. The van der Waals surface area contributed by atoms with Crippen LogP contribution in [-0.2, 0) is 0 Å². The van der Waals surface area contributed by atoms with Gasteiger partial charge in [0.1, 0.15) is 0 Å². The molecule has 1 fully saturated rings. The van der Waals surface area contributed by atoms with Crippen LogP contribution >= 0.6 is 0 Å². The molecule has 1 aliphatic rings. The van der Waals surface area contributed by atoms with Crippen LogP contribution in [-0.4, -0.2) is 79.6 Å². The summed E-state index contributed by atoms with van der Waals surface area (Å²) in [6.07, 6.45) is 1.21. The van der Waals surface area contributed by atoms with Gasteiger partial charge in [-0.15, -0.1) is 0 Å². The predicted octanol–water partition coefficient (Wildman–Crippen LogP) is 1.32. The Bertz CT molecular complexity index is 278. The molecule has 1 aliphatic heterocycles. The average molecular weight is 284 g/mol. The van der Waals surface area contributed by atoms with Crippen molar-refractivity contribution in [1.82, 2.24) is 14.7 Å². The first-order chi connectivity index (χ1) is 9.30. The van der Waals surface area contributed by atoms with Gasteiger partial charge >= 0.3 is 0 Å². The standard InChI is InChI=1S/C16H36N4/c1-14(2)11-20(10-9-18(5)6)16(12-17)7-8-19(13-16)15(3)4/h14-15H,7-13,17H2,1-6H3. The number of hydrogen-bond acceptors (Lipinski definition) is 4. The first-order valence-corrected chi connectivity index (χ1v) is 8.14. The fraction of sp³-hybridized carbons (Fsp3) is 1.00. The van der Waals surface area contributed by atoms with Crippen molar-refractivity contribution in [2.75, 3.05) is 53.4 Å². The second-order valence-corrected chi connectivity index (χ2v) is 7.39. The molecular formula is C16H36N4. The van der Waals surface area contributed by atoms with Crippen LogP contribution in [0.3, 0.4) is 0 Å². The quantitative estimate of drug-likeness (QED) is 0.729. The molecule has 4 nitrogen and oxygen atoms in total. The Hall–Kier alpha value is -0.160. The monoisotopic (exact) mass is 284 g/mol. The lowest BCUT2D eigenvalue weighted by Gasteiger charge is -2.42. The lowest BCUT2D eigenvalue weighted by molar-refractivity contribution is 0.0745. The van der Waals surface area contributed by atoms with Crippen molar-refractivity contribution in [2.45, 2.75) is 45.7 Å². The third-order valence-electron chi connectivity index (χ3n) is 4.55. The van der Waals surface area contributed by atoms with Crippen LogP contribution in [0.15, 0.2) is 0 Å². The van der Waals surface area contributed by atoms with Crippen molar-refractivity contribution in [2.24, 2.45) is 11.7 Å². The summed E-state index contributed by atoms with van der Waals surface area (Å²) in [5.41, 5.74) is 6.42. The fourth-order valence-electron chi connectivity index (χ4n) is 3.17. The zero-order valence-electron chi connectivity index (χ0n) is 14.5. The molecule has 120 valence electrons. The SMILES string of the molecule is CC(C)CN(CCN(C)C)C1(CN)CCN(C(C)C)C1. The highest BCUT2D eigenvalue weighted by molar-refractivity contribution is 5.01. The highest BCUT2D eigenvalue weighted by atomic mass is 15.3. The van der Waals surface area contributed by atoms with Crippen molar-refractivity contribution in [3.63, 3.8) is 0 Å². The van der Waals surface area contributed by atoms with E-state index in [2.05, 4.69) is 56.5 Å². The number of likely N-dealkylation sites (N-methyl/N-ethyl adjacent to an activating group) is 1. The van der Waals surface area contributed by atoms with E-state index >= 15 is 0 Å². The van der Waals surface area contributed by atoms with Gasteiger partial charge in [0.05, 0.1) is 0 Å². The second-order valence-electron chi connectivity index (χ2n) is 7.39. The number of hydrogen-bond donors (Lipinski definition) is 1. The van der Waals surface area contributed by atoms with E-state index in [0.717, 1.165) is 32.7 Å². The van der Waals surface area contributed by atoms with Gasteiger partial charge in [0.25, 0.3) is 0 Å². The van der Waals surface area contributed by atoms with Crippen molar-refractivity contribution < 1.29 is 0 Å². The zero-order chi connectivity index (χ0) is 15.3. The summed E-state index contributed by atoms with van der Waals surface area (Å²) in [7, 11) is 4.30. The Labute approximate surface area is 126 Å². The van der Waals surface area contributed by atoms with E-state index in [4.69, 9.17) is 5.73 Å². The summed E-state index contributed by atoms with van der Waals surface area (Å²) in [6.45, 7) is 15.7. The molecule has 20 heavy (non-hydrogen) atoms. The first-order valence-electron chi connectivity index (χ1n) is 8.14. The molecule has 0 spiro atoms. The van der Waals surface area contributed by atoms with Gasteiger partial charge in [0.15, 0.2) is 0 Å². The molecule has 0 bridgehead atoms. The largest absolute Gasteiger partial charge is 0.329 e. The van der Waals surface area contributed by atoms with E-state index in [1.807, 2.05) is 0 Å². The van der Waals surface area contributed by atoms with Crippen molar-refractivity contribution in [1.29, 1.82) is 0 Å². The average Bonchev–Trinajstić information content (AvgIpc) is 2.79. The molecule has 0 aliphatic carbocycles. The van der Waals surface area contributed by atoms with Crippen LogP contribution in [0.25, 0.3) is 0 Å². The summed E-state index contributed by atoms with van der Waals surface area (Å²) >= 11 is 0. The van der Waals surface area contributed by atoms with Crippen LogP contribution in [0.1, 0.15) is 34.1 Å². The minimum atomic E-state index is 0.185. The van der Waals surface area contributed by atoms with Gasteiger partial charge in [0, 0.05) is 50.8 Å². The minimum Gasteiger partial charge on any atom is -0.329 e. The Morgan fingerprint density at radius 1 is 1.15 bits per heavy atom. The molecule has 2 N–H and O–H groups in total. The molecule has 1 heterocycles. The molecule has 0 aromatic rings. The van der Waals surface area contributed by atoms with Crippen LogP contribution in [0.4, 0.5) is 0 Å². The Kier molecular flexibility index (Phi) is 6.92. The van der Waals surface area contributed by atoms with Crippen molar-refractivity contribution >= 4 is 0 Å². The maximum atomic E-state index is 6.23. The molecular weight excluding hydrogens is 248 g/mol. The summed E-state index contributed by atoms with van der Waals surface area (Å²) in [5, 5.41) is 0. The Morgan fingerprint density at radius 2 is 1.80 bits per heavy atom. The number of nitrogens with two attached hydrogens (primary N) is 1. The molecule has 1 rings (SSSR count). The topological polar surface area (TPSA) is 35.7 Å². The molecule has 0 saturated carbocycles. The molecule has 1 saturated heterocycles. The predicted molar refractivity (Wildman–Crippen MR) is 88.1 cm³/mol. The van der Waals surface area contributed by atoms with Crippen LogP contribution in [0, 0.1) is 5.92 Å². The molecule has 0 amide bonds. The van der Waals surface area contributed by atoms with E-state index in [1.54, 1.807) is 0 Å². The van der Waals surface area contributed by atoms with Gasteiger partial charge in [-0.2, -0.15) is 0 Å². The summed E-state index contributed by atoms with van der Waals surface area (Å²) in [5.74, 6) is 0.689. The van der Waals surface area contributed by atoms with Gasteiger partial charge in [-0.3, -0.25) is 9.80 Å². The summed E-state index contributed by atoms with van der Waals surface area (Å²) in [4.78, 5) is 7.52. The van der Waals surface area contributed by atoms with Gasteiger partial charge in [-0.1, -0.05) is 13.8 Å². The normalized spacial score (nSPS) is 24.8. The summed E-state index contributed by atoms with van der Waals surface area (Å²) in [6, 6.07) is 0.623. The van der Waals surface area contributed by atoms with Crippen LogP contribution in [0.2, 0.25) is 0 Å². The van der Waals surface area contributed by atoms with E-state index < -0.39 is 0 Å². The van der Waals surface area contributed by atoms with E-state index in [9.17, 15) is 0 Å². The molecule has 1 unspecified atom stereocenters. The van der Waals surface area contributed by atoms with Crippen LogP contribution < -0.4 is 5.73 Å². The molecule has 0 aromatic heterocycles. The fourth-order valence-corrected chi connectivity index (χ4v) is 3.17. The minimum absolute atomic E-state index is 0.185. The highest BCUT2D eigenvalue weighted by Crippen LogP contribution is 2.29. The maximum absolute atomic E-state index is 6.23. The van der Waals surface area contributed by atoms with E-state index in [0.29, 0.717) is 12.0 Å². The van der Waals surface area contributed by atoms with Gasteiger partial charge in [-0.25, -0.2) is 0 Å². The van der Waals surface area contributed by atoms with Crippen LogP contribution in [0.5, 0.6) is 0 Å². The molecule has 4 heteroatoms. The third-order valence-corrected chi connectivity index (χ3v) is 4.55. The van der Waals surface area contributed by atoms with Gasteiger partial charge < -0.3 is 10.6 Å². The zero-order valence-corrected chi connectivity index (χ0v) is 14.5. The number of likely N-dealkylation sites (tertiary alicyclic amines) is 1. The molecule has 0 radical (unpaired) electrons. The van der Waals surface area contributed by atoms with Gasteiger partial charge in [-0.05, 0) is 40.3 Å². The number of rotatable bonds is 8. The van der Waals surface area contributed by atoms with Crippen molar-refractivity contribution in [3.05, 3.63) is 0 Å².